The quantitative estimate of drug-likeness (QED) is 0.131. The predicted octanol–water partition coefficient (Wildman–Crippen LogP) is 10.2. The maximum Gasteiger partial charge on any atom is 0.120 e. The summed E-state index contributed by atoms with van der Waals surface area (Å²) in [5, 5.41) is 3.60. The molecule has 0 fully saturated rings. The summed E-state index contributed by atoms with van der Waals surface area (Å²) in [6.45, 7) is 13.7. The number of imidazole rings is 1. The molecule has 0 aliphatic carbocycles. The van der Waals surface area contributed by atoms with Crippen molar-refractivity contribution < 1.29 is 24.5 Å². The Morgan fingerprint density at radius 3 is 2.20 bits per heavy atom. The fourth-order valence-corrected chi connectivity index (χ4v) is 7.17. The topological polar surface area (TPSA) is 56.7 Å². The Bertz CT molecular complexity index is 2320. The first-order valence-electron chi connectivity index (χ1n) is 16.3. The summed E-state index contributed by atoms with van der Waals surface area (Å²) < 4.78 is 8.80. The molecule has 4 heterocycles. The van der Waals surface area contributed by atoms with Crippen LogP contribution < -0.4 is 5.19 Å². The van der Waals surface area contributed by atoms with Gasteiger partial charge in [-0.1, -0.05) is 99.0 Å². The van der Waals surface area contributed by atoms with Crippen LogP contribution in [0.3, 0.4) is 0 Å². The predicted molar refractivity (Wildman–Crippen MR) is 201 cm³/mol. The van der Waals surface area contributed by atoms with Crippen LogP contribution in [0.15, 0.2) is 126 Å². The van der Waals surface area contributed by atoms with Gasteiger partial charge in [-0.25, -0.2) is 0 Å². The van der Waals surface area contributed by atoms with E-state index >= 15 is 0 Å². The van der Waals surface area contributed by atoms with E-state index in [0.29, 0.717) is 0 Å². The van der Waals surface area contributed by atoms with Gasteiger partial charge in [0, 0.05) is 49.0 Å². The van der Waals surface area contributed by atoms with Gasteiger partial charge < -0.3 is 14.0 Å². The molecule has 0 bridgehead atoms. The Kier molecular flexibility index (Phi) is 9.54. The monoisotopic (exact) mass is 835 g/mol. The van der Waals surface area contributed by atoms with E-state index in [-0.39, 0.29) is 25.5 Å². The third-order valence-electron chi connectivity index (χ3n) is 8.46. The van der Waals surface area contributed by atoms with E-state index in [1.807, 2.05) is 66.9 Å². The maximum absolute atomic E-state index is 6.58. The van der Waals surface area contributed by atoms with Crippen molar-refractivity contribution in [3.63, 3.8) is 0 Å². The molecule has 0 unspecified atom stereocenters. The molecule has 0 N–H and O–H groups in total. The minimum absolute atomic E-state index is 0. The zero-order chi connectivity index (χ0) is 33.5. The normalized spacial score (nSPS) is 11.7. The van der Waals surface area contributed by atoms with Gasteiger partial charge in [-0.05, 0) is 36.0 Å². The van der Waals surface area contributed by atoms with Crippen LogP contribution in [0.1, 0.15) is 26.5 Å². The van der Waals surface area contributed by atoms with Gasteiger partial charge in [-0.15, -0.1) is 54.1 Å². The smallest absolute Gasteiger partial charge is 0.120 e. The van der Waals surface area contributed by atoms with E-state index in [2.05, 4.69) is 111 Å². The first kappa shape index (κ1) is 34.2. The second-order valence-electron chi connectivity index (χ2n) is 14.0. The van der Waals surface area contributed by atoms with Crippen molar-refractivity contribution in [2.45, 2.75) is 45.8 Å². The van der Waals surface area contributed by atoms with E-state index in [4.69, 9.17) is 14.4 Å². The molecular formula is C42H38IrN4OSi-2. The van der Waals surface area contributed by atoms with Gasteiger partial charge in [0.25, 0.3) is 0 Å². The number of hydrogen-bond acceptors (Lipinski definition) is 4. The van der Waals surface area contributed by atoms with Crippen LogP contribution in [0.4, 0.5) is 0 Å². The summed E-state index contributed by atoms with van der Waals surface area (Å²) >= 11 is 0. The number of benzene rings is 4. The van der Waals surface area contributed by atoms with Crippen LogP contribution in [-0.4, -0.2) is 27.6 Å². The number of aromatic nitrogens is 4. The first-order chi connectivity index (χ1) is 23.1. The summed E-state index contributed by atoms with van der Waals surface area (Å²) in [7, 11) is -1.47. The fraction of sp³-hybridized carbons (Fsp3) is 0.167. The third kappa shape index (κ3) is 6.79. The Morgan fingerprint density at radius 2 is 1.51 bits per heavy atom. The molecule has 49 heavy (non-hydrogen) atoms. The van der Waals surface area contributed by atoms with Crippen molar-refractivity contribution in [3.05, 3.63) is 139 Å². The molecule has 0 saturated carbocycles. The molecule has 7 heteroatoms. The zero-order valence-electron chi connectivity index (χ0n) is 28.6. The average Bonchev–Trinajstić information content (AvgIpc) is 3.67. The van der Waals surface area contributed by atoms with Gasteiger partial charge in [0.1, 0.15) is 5.58 Å². The van der Waals surface area contributed by atoms with Gasteiger partial charge in [-0.3, -0.25) is 9.97 Å². The zero-order valence-corrected chi connectivity index (χ0v) is 32.0. The van der Waals surface area contributed by atoms with Gasteiger partial charge in [0.15, 0.2) is 0 Å². The van der Waals surface area contributed by atoms with Crippen molar-refractivity contribution in [1.29, 1.82) is 0 Å². The van der Waals surface area contributed by atoms with Gasteiger partial charge in [0.05, 0.1) is 36.2 Å². The summed E-state index contributed by atoms with van der Waals surface area (Å²) in [6.07, 6.45) is 3.65. The van der Waals surface area contributed by atoms with Crippen LogP contribution in [0.25, 0.3) is 61.3 Å². The van der Waals surface area contributed by atoms with E-state index in [9.17, 15) is 0 Å². The molecule has 0 aliphatic rings. The molecule has 0 atom stereocenters. The number of furan rings is 1. The van der Waals surface area contributed by atoms with Crippen molar-refractivity contribution in [2.75, 3.05) is 0 Å². The summed E-state index contributed by atoms with van der Waals surface area (Å²) in [4.78, 5) is 14.2. The molecule has 4 aromatic carbocycles. The molecule has 4 aromatic heterocycles. The summed E-state index contributed by atoms with van der Waals surface area (Å²) in [6, 6.07) is 43.4. The standard InChI is InChI=1S/C31H30N3OSi.C11H8N.Ir/c1-31(2,3)29-27-25(17-18-32-29)33-30(34(27)20-11-8-7-9-12-20)24-14-10-13-23-22-16-15-21(36(4,5)6)19-26(22)35-28(23)24;1-2-6-10(7-3-1)11-8-4-5-9-12-11;/h7-13,15-19H,1-6H3;1-6,8-9H;/q2*-1;. The van der Waals surface area contributed by atoms with Crippen molar-refractivity contribution in [1.82, 2.24) is 19.5 Å². The SMILES string of the molecule is CC(C)(C)c1nccc2nc(-c3[c-]ccc4c3oc3cc([Si](C)(C)C)ccc34)n(-c3ccccc3)c12.[Ir].[c-]1ccccc1-c1ccccn1. The second-order valence-corrected chi connectivity index (χ2v) is 19.1. The average molecular weight is 835 g/mol. The van der Waals surface area contributed by atoms with Crippen LogP contribution in [0.5, 0.6) is 0 Å². The molecule has 8 rings (SSSR count). The summed E-state index contributed by atoms with van der Waals surface area (Å²) in [5.41, 5.74) is 8.45. The van der Waals surface area contributed by atoms with Gasteiger partial charge in [-0.2, -0.15) is 0 Å². The Hall–Kier alpha value is -4.68. The van der Waals surface area contributed by atoms with E-state index < -0.39 is 8.07 Å². The van der Waals surface area contributed by atoms with Gasteiger partial charge >= 0.3 is 0 Å². The number of nitrogens with zero attached hydrogens (tertiary/aromatic N) is 4. The van der Waals surface area contributed by atoms with Gasteiger partial charge in [0.2, 0.25) is 0 Å². The van der Waals surface area contributed by atoms with Crippen molar-refractivity contribution in [3.8, 4) is 28.3 Å². The largest absolute Gasteiger partial charge is 0.501 e. The van der Waals surface area contributed by atoms with Crippen LogP contribution in [0.2, 0.25) is 19.6 Å². The number of hydrogen-bond donors (Lipinski definition) is 0. The minimum Gasteiger partial charge on any atom is -0.501 e. The van der Waals surface area contributed by atoms with Crippen LogP contribution >= 0.6 is 0 Å². The van der Waals surface area contributed by atoms with Crippen LogP contribution in [0, 0.1) is 12.1 Å². The first-order valence-corrected chi connectivity index (χ1v) is 19.8. The van der Waals surface area contributed by atoms with E-state index in [1.54, 1.807) is 6.20 Å². The minimum atomic E-state index is -1.47. The number of rotatable bonds is 4. The van der Waals surface area contributed by atoms with Crippen molar-refractivity contribution in [2.24, 2.45) is 0 Å². The Morgan fingerprint density at radius 1 is 0.735 bits per heavy atom. The second kappa shape index (κ2) is 13.7. The molecule has 5 nitrogen and oxygen atoms in total. The molecule has 0 amide bonds. The number of fused-ring (bicyclic) bond motifs is 4. The molecule has 8 aromatic rings. The molecular weight excluding hydrogens is 797 g/mol. The van der Waals surface area contributed by atoms with E-state index in [1.165, 1.54) is 5.19 Å². The number of pyridine rings is 2. The molecule has 0 saturated heterocycles. The van der Waals surface area contributed by atoms with Crippen molar-refractivity contribution >= 4 is 46.2 Å². The Labute approximate surface area is 302 Å². The Balaban J connectivity index is 0.000000270. The molecule has 247 valence electrons. The number of para-hydroxylation sites is 1. The molecule has 0 aliphatic heterocycles. The van der Waals surface area contributed by atoms with Crippen LogP contribution in [-0.2, 0) is 25.5 Å². The van der Waals surface area contributed by atoms with E-state index in [0.717, 1.165) is 67.0 Å². The maximum atomic E-state index is 6.58. The fourth-order valence-electron chi connectivity index (χ4n) is 6.02. The third-order valence-corrected chi connectivity index (χ3v) is 10.5. The molecule has 1 radical (unpaired) electrons. The molecule has 0 spiro atoms. The summed E-state index contributed by atoms with van der Waals surface area (Å²) in [5.74, 6) is 0.810.